The number of ether oxygens (including phenoxy) is 1. The third-order valence-electron chi connectivity index (χ3n) is 4.67. The van der Waals surface area contributed by atoms with Gasteiger partial charge in [-0.25, -0.2) is 4.98 Å². The Morgan fingerprint density at radius 2 is 1.69 bits per heavy atom. The first-order valence-electron chi connectivity index (χ1n) is 9.53. The molecule has 0 saturated carbocycles. The van der Waals surface area contributed by atoms with Crippen LogP contribution in [0, 0.1) is 18.3 Å². The zero-order valence-electron chi connectivity index (χ0n) is 16.2. The molecule has 1 fully saturated rings. The molecule has 3 aromatic rings. The van der Waals surface area contributed by atoms with Crippen LogP contribution in [0.5, 0.6) is 0 Å². The number of hydrogen-bond donors (Lipinski definition) is 2. The molecule has 2 heterocycles. The molecule has 0 bridgehead atoms. The Hall–Kier alpha value is -3.63. The molecule has 1 aliphatic rings. The fraction of sp³-hybridized carbons (Fsp3) is 0.227. The predicted molar refractivity (Wildman–Crippen MR) is 114 cm³/mol. The van der Waals surface area contributed by atoms with E-state index in [1.165, 1.54) is 0 Å². The number of nitrogens with one attached hydrogen (secondary N) is 2. The second-order valence-corrected chi connectivity index (χ2v) is 6.74. The topological polar surface area (TPSA) is 86.1 Å². The molecule has 7 nitrogen and oxygen atoms in total. The first-order chi connectivity index (χ1) is 14.2. The van der Waals surface area contributed by atoms with Crippen molar-refractivity contribution < 1.29 is 4.74 Å². The van der Waals surface area contributed by atoms with Crippen LogP contribution in [0.2, 0.25) is 0 Å². The highest BCUT2D eigenvalue weighted by atomic mass is 16.5. The lowest BCUT2D eigenvalue weighted by Crippen LogP contribution is -2.36. The first kappa shape index (κ1) is 18.7. The van der Waals surface area contributed by atoms with Crippen LogP contribution >= 0.6 is 0 Å². The number of aryl methyl sites for hydroxylation is 1. The van der Waals surface area contributed by atoms with E-state index in [9.17, 15) is 5.26 Å². The van der Waals surface area contributed by atoms with E-state index in [0.717, 1.165) is 43.4 Å². The number of hydrogen-bond acceptors (Lipinski definition) is 7. The highest BCUT2D eigenvalue weighted by Gasteiger charge is 2.15. The van der Waals surface area contributed by atoms with E-state index in [1.807, 2.05) is 49.4 Å². The largest absolute Gasteiger partial charge is 0.378 e. The molecule has 0 aliphatic carbocycles. The monoisotopic (exact) mass is 386 g/mol. The van der Waals surface area contributed by atoms with Gasteiger partial charge >= 0.3 is 0 Å². The van der Waals surface area contributed by atoms with Gasteiger partial charge in [-0.1, -0.05) is 24.3 Å². The summed E-state index contributed by atoms with van der Waals surface area (Å²) in [5.74, 6) is 1.13. The lowest BCUT2D eigenvalue weighted by molar-refractivity contribution is 0.123. The average Bonchev–Trinajstić information content (AvgIpc) is 2.75. The van der Waals surface area contributed by atoms with Gasteiger partial charge in [0.1, 0.15) is 11.9 Å². The lowest BCUT2D eigenvalue weighted by atomic mass is 10.2. The summed E-state index contributed by atoms with van der Waals surface area (Å²) >= 11 is 0. The molecule has 2 aromatic carbocycles. The molecule has 1 saturated heterocycles. The van der Waals surface area contributed by atoms with Gasteiger partial charge in [-0.2, -0.15) is 10.2 Å². The van der Waals surface area contributed by atoms with Crippen molar-refractivity contribution >= 4 is 28.8 Å². The quantitative estimate of drug-likeness (QED) is 0.686. The Balaban J connectivity index is 1.60. The summed E-state index contributed by atoms with van der Waals surface area (Å²) in [5.41, 5.74) is 4.15. The highest BCUT2D eigenvalue weighted by molar-refractivity contribution is 5.74. The van der Waals surface area contributed by atoms with Gasteiger partial charge in [-0.05, 0) is 31.2 Å². The van der Waals surface area contributed by atoms with Gasteiger partial charge in [0.2, 0.25) is 5.95 Å². The molecule has 0 atom stereocenters. The van der Waals surface area contributed by atoms with E-state index in [0.29, 0.717) is 23.0 Å². The molecule has 0 unspecified atom stereocenters. The molecule has 146 valence electrons. The van der Waals surface area contributed by atoms with Gasteiger partial charge in [-0.3, -0.25) is 0 Å². The molecule has 0 radical (unpaired) electrons. The summed E-state index contributed by atoms with van der Waals surface area (Å²) < 4.78 is 5.47. The molecular weight excluding hydrogens is 364 g/mol. The molecule has 0 amide bonds. The molecular formula is C22H22N6O. The van der Waals surface area contributed by atoms with Crippen molar-refractivity contribution in [3.63, 3.8) is 0 Å². The zero-order chi connectivity index (χ0) is 20.1. The van der Waals surface area contributed by atoms with E-state index in [1.54, 1.807) is 6.07 Å². The number of morpholine rings is 1. The summed E-state index contributed by atoms with van der Waals surface area (Å²) in [7, 11) is 0. The van der Waals surface area contributed by atoms with Crippen LogP contribution in [-0.4, -0.2) is 36.3 Å². The van der Waals surface area contributed by atoms with Gasteiger partial charge in [0, 0.05) is 24.8 Å². The van der Waals surface area contributed by atoms with Crippen LogP contribution in [0.4, 0.5) is 28.8 Å². The van der Waals surface area contributed by atoms with E-state index in [2.05, 4.69) is 37.6 Å². The number of benzene rings is 2. The molecule has 4 rings (SSSR count). The Bertz CT molecular complexity index is 1040. The first-order valence-corrected chi connectivity index (χ1v) is 9.53. The van der Waals surface area contributed by atoms with Gasteiger partial charge in [-0.15, -0.1) is 0 Å². The Labute approximate surface area is 170 Å². The maximum absolute atomic E-state index is 9.31. The van der Waals surface area contributed by atoms with Crippen LogP contribution in [0.15, 0.2) is 54.6 Å². The Morgan fingerprint density at radius 1 is 0.966 bits per heavy atom. The lowest BCUT2D eigenvalue weighted by Gasteiger charge is -2.30. The predicted octanol–water partition coefficient (Wildman–Crippen LogP) is 3.98. The molecule has 0 spiro atoms. The Morgan fingerprint density at radius 3 is 2.48 bits per heavy atom. The second-order valence-electron chi connectivity index (χ2n) is 6.74. The molecule has 7 heteroatoms. The molecule has 2 N–H and O–H groups in total. The smallest absolute Gasteiger partial charge is 0.229 e. The third kappa shape index (κ3) is 4.45. The number of nitrogens with zero attached hydrogens (tertiary/aromatic N) is 4. The maximum Gasteiger partial charge on any atom is 0.229 e. The number of nitriles is 1. The molecule has 1 aliphatic heterocycles. The normalized spacial score (nSPS) is 13.6. The number of anilines is 5. The standard InChI is InChI=1S/C22H22N6O/c1-16-14-21(25-18-7-3-2-6-17(18)15-23)27-22(24-16)26-19-8-4-5-9-20(19)28-10-12-29-13-11-28/h2-9,14H,10-13H2,1H3,(H2,24,25,26,27). The van der Waals surface area contributed by atoms with E-state index >= 15 is 0 Å². The van der Waals surface area contributed by atoms with Gasteiger partial charge in [0.15, 0.2) is 0 Å². The SMILES string of the molecule is Cc1cc(Nc2ccccc2C#N)nc(Nc2ccccc2N2CCOCC2)n1. The van der Waals surface area contributed by atoms with Gasteiger partial charge in [0.25, 0.3) is 0 Å². The van der Waals surface area contributed by atoms with Crippen LogP contribution < -0.4 is 15.5 Å². The minimum absolute atomic E-state index is 0.502. The minimum Gasteiger partial charge on any atom is -0.378 e. The van der Waals surface area contributed by atoms with E-state index in [4.69, 9.17) is 4.74 Å². The van der Waals surface area contributed by atoms with Crippen molar-refractivity contribution in [3.8, 4) is 6.07 Å². The summed E-state index contributed by atoms with van der Waals surface area (Å²) in [6.45, 7) is 5.07. The molecule has 29 heavy (non-hydrogen) atoms. The van der Waals surface area contributed by atoms with Crippen LogP contribution in [0.25, 0.3) is 0 Å². The van der Waals surface area contributed by atoms with E-state index in [-0.39, 0.29) is 0 Å². The van der Waals surface area contributed by atoms with Crippen molar-refractivity contribution in [1.29, 1.82) is 5.26 Å². The maximum atomic E-state index is 9.31. The highest BCUT2D eigenvalue weighted by Crippen LogP contribution is 2.29. The van der Waals surface area contributed by atoms with Gasteiger partial charge in [0.05, 0.1) is 35.8 Å². The summed E-state index contributed by atoms with van der Waals surface area (Å²) in [6.07, 6.45) is 0. The minimum atomic E-state index is 0.502. The Kier molecular flexibility index (Phi) is 5.54. The zero-order valence-corrected chi connectivity index (χ0v) is 16.2. The van der Waals surface area contributed by atoms with Gasteiger partial charge < -0.3 is 20.3 Å². The van der Waals surface area contributed by atoms with Crippen LogP contribution in [-0.2, 0) is 4.74 Å². The summed E-state index contributed by atoms with van der Waals surface area (Å²) in [6, 6.07) is 19.5. The fourth-order valence-electron chi connectivity index (χ4n) is 3.30. The van der Waals surface area contributed by atoms with Crippen LogP contribution in [0.3, 0.4) is 0 Å². The van der Waals surface area contributed by atoms with Crippen molar-refractivity contribution in [2.24, 2.45) is 0 Å². The average molecular weight is 386 g/mol. The van der Waals surface area contributed by atoms with Crippen molar-refractivity contribution in [3.05, 3.63) is 65.9 Å². The molecule has 1 aromatic heterocycles. The third-order valence-corrected chi connectivity index (χ3v) is 4.67. The van der Waals surface area contributed by atoms with Crippen molar-refractivity contribution in [1.82, 2.24) is 9.97 Å². The second kappa shape index (κ2) is 8.59. The summed E-state index contributed by atoms with van der Waals surface area (Å²) in [5, 5.41) is 15.9. The fourth-order valence-corrected chi connectivity index (χ4v) is 3.30. The van der Waals surface area contributed by atoms with Crippen molar-refractivity contribution in [2.45, 2.75) is 6.92 Å². The van der Waals surface area contributed by atoms with E-state index < -0.39 is 0 Å². The van der Waals surface area contributed by atoms with Crippen molar-refractivity contribution in [2.75, 3.05) is 41.8 Å². The number of para-hydroxylation sites is 3. The summed E-state index contributed by atoms with van der Waals surface area (Å²) in [4.78, 5) is 11.4. The number of rotatable bonds is 5. The van der Waals surface area contributed by atoms with Crippen LogP contribution in [0.1, 0.15) is 11.3 Å². The number of aromatic nitrogens is 2.